The van der Waals surface area contributed by atoms with Gasteiger partial charge in [-0.2, -0.15) is 5.10 Å². The van der Waals surface area contributed by atoms with Crippen LogP contribution < -0.4 is 10.6 Å². The number of aromatic nitrogens is 3. The van der Waals surface area contributed by atoms with E-state index in [1.165, 1.54) is 11.1 Å². The predicted molar refractivity (Wildman–Crippen MR) is 144 cm³/mol. The molecule has 2 aromatic carbocycles. The molecule has 0 fully saturated rings. The molecule has 38 heavy (non-hydrogen) atoms. The highest BCUT2D eigenvalue weighted by atomic mass is 16.5. The zero-order valence-corrected chi connectivity index (χ0v) is 21.1. The Morgan fingerprint density at radius 2 is 1.95 bits per heavy atom. The Morgan fingerprint density at radius 3 is 2.79 bits per heavy atom. The molecule has 0 spiro atoms. The number of carboxylic acid groups (broad SMARTS) is 1. The number of rotatable bonds is 10. The van der Waals surface area contributed by atoms with Crippen LogP contribution in [0.4, 0.5) is 10.6 Å². The Morgan fingerprint density at radius 1 is 1.08 bits per heavy atom. The summed E-state index contributed by atoms with van der Waals surface area (Å²) in [5, 5.41) is 20.8. The first-order valence-corrected chi connectivity index (χ1v) is 12.9. The lowest BCUT2D eigenvalue weighted by Crippen LogP contribution is -2.44. The molecule has 3 heterocycles. The Hall–Kier alpha value is -4.40. The van der Waals surface area contributed by atoms with E-state index >= 15 is 0 Å². The lowest BCUT2D eigenvalue weighted by molar-refractivity contribution is -0.139. The second-order valence-corrected chi connectivity index (χ2v) is 9.51. The van der Waals surface area contributed by atoms with E-state index in [2.05, 4.69) is 33.9 Å². The van der Waals surface area contributed by atoms with Gasteiger partial charge in [-0.25, -0.2) is 14.6 Å². The Labute approximate surface area is 220 Å². The number of nitrogens with zero attached hydrogens (tertiary/aromatic N) is 3. The van der Waals surface area contributed by atoms with Crippen LogP contribution >= 0.6 is 0 Å². The van der Waals surface area contributed by atoms with E-state index < -0.39 is 18.1 Å². The maximum Gasteiger partial charge on any atom is 0.408 e. The first kappa shape index (κ1) is 25.3. The molecule has 1 aliphatic heterocycles. The van der Waals surface area contributed by atoms with Crippen LogP contribution in [0.1, 0.15) is 35.2 Å². The average Bonchev–Trinajstić information content (AvgIpc) is 3.34. The summed E-state index contributed by atoms with van der Waals surface area (Å²) in [5.74, 6) is -0.130. The quantitative estimate of drug-likeness (QED) is 0.289. The fourth-order valence-electron chi connectivity index (χ4n) is 4.68. The average molecular weight is 514 g/mol. The molecule has 1 aliphatic rings. The minimum absolute atomic E-state index is 0.0172. The number of carbonyl (C=O) groups is 2. The number of alkyl carbamates (subject to hydrolysis) is 1. The summed E-state index contributed by atoms with van der Waals surface area (Å²) >= 11 is 0. The highest BCUT2D eigenvalue weighted by Crippen LogP contribution is 2.21. The highest BCUT2D eigenvalue weighted by molar-refractivity contribution is 5.81. The molecular formula is C29H31N5O4. The monoisotopic (exact) mass is 513 g/mol. The number of carboxylic acids is 1. The molecular weight excluding hydrogens is 482 g/mol. The number of anilines is 1. The molecule has 196 valence electrons. The number of pyridine rings is 1. The molecule has 4 aromatic rings. The number of amides is 1. The van der Waals surface area contributed by atoms with Gasteiger partial charge in [-0.1, -0.05) is 42.5 Å². The Bertz CT molecular complexity index is 1420. The second kappa shape index (κ2) is 11.8. The molecule has 0 bridgehead atoms. The number of benzene rings is 2. The van der Waals surface area contributed by atoms with Gasteiger partial charge in [-0.3, -0.25) is 4.68 Å². The molecule has 1 amide bonds. The zero-order chi connectivity index (χ0) is 26.3. The molecule has 9 nitrogen and oxygen atoms in total. The lowest BCUT2D eigenvalue weighted by Gasteiger charge is -2.17. The van der Waals surface area contributed by atoms with Gasteiger partial charge < -0.3 is 20.5 Å². The van der Waals surface area contributed by atoms with E-state index in [1.54, 1.807) is 10.9 Å². The van der Waals surface area contributed by atoms with Crippen LogP contribution in [-0.4, -0.2) is 44.5 Å². The van der Waals surface area contributed by atoms with Gasteiger partial charge in [0.1, 0.15) is 18.5 Å². The summed E-state index contributed by atoms with van der Waals surface area (Å²) in [6.07, 6.45) is 5.96. The molecule has 1 atom stereocenters. The number of fused-ring (bicyclic) bond motifs is 2. The minimum atomic E-state index is -1.18. The normalized spacial score (nSPS) is 13.4. The number of carbonyl (C=O) groups excluding carboxylic acids is 1. The van der Waals surface area contributed by atoms with Crippen molar-refractivity contribution in [3.05, 3.63) is 89.2 Å². The summed E-state index contributed by atoms with van der Waals surface area (Å²) < 4.78 is 6.77. The van der Waals surface area contributed by atoms with Crippen molar-refractivity contribution in [2.45, 2.75) is 51.3 Å². The molecule has 0 aliphatic carbocycles. The Kier molecular flexibility index (Phi) is 7.82. The van der Waals surface area contributed by atoms with Gasteiger partial charge in [0.15, 0.2) is 0 Å². The van der Waals surface area contributed by atoms with Crippen molar-refractivity contribution in [1.29, 1.82) is 0 Å². The summed E-state index contributed by atoms with van der Waals surface area (Å²) in [6, 6.07) is 18.4. The first-order chi connectivity index (χ1) is 18.5. The van der Waals surface area contributed by atoms with Crippen LogP contribution in [0, 0.1) is 0 Å². The molecule has 9 heteroatoms. The molecule has 2 aromatic heterocycles. The maximum absolute atomic E-state index is 12.2. The summed E-state index contributed by atoms with van der Waals surface area (Å²) in [4.78, 5) is 28.8. The van der Waals surface area contributed by atoms with Gasteiger partial charge in [0.25, 0.3) is 0 Å². The summed E-state index contributed by atoms with van der Waals surface area (Å²) in [6.45, 7) is 1.03. The van der Waals surface area contributed by atoms with Crippen molar-refractivity contribution in [2.75, 3.05) is 11.9 Å². The fraction of sp³-hybridized carbons (Fsp3) is 0.310. The van der Waals surface area contributed by atoms with Crippen LogP contribution in [-0.2, 0) is 41.9 Å². The number of aryl methyl sites for hydroxylation is 3. The predicted octanol–water partition coefficient (Wildman–Crippen LogP) is 4.34. The van der Waals surface area contributed by atoms with Gasteiger partial charge >= 0.3 is 12.1 Å². The molecule has 3 N–H and O–H groups in total. The third kappa shape index (κ3) is 6.29. The third-order valence-electron chi connectivity index (χ3n) is 6.71. The highest BCUT2D eigenvalue weighted by Gasteiger charge is 2.22. The topological polar surface area (TPSA) is 118 Å². The van der Waals surface area contributed by atoms with Crippen LogP contribution in [0.3, 0.4) is 0 Å². The summed E-state index contributed by atoms with van der Waals surface area (Å²) in [5.41, 5.74) is 5.21. The Balaban J connectivity index is 1.16. The van der Waals surface area contributed by atoms with E-state index in [1.807, 2.05) is 42.5 Å². The van der Waals surface area contributed by atoms with Gasteiger partial charge in [-0.15, -0.1) is 0 Å². The van der Waals surface area contributed by atoms with Crippen molar-refractivity contribution in [3.63, 3.8) is 0 Å². The molecule has 0 saturated carbocycles. The van der Waals surface area contributed by atoms with Crippen LogP contribution in [0.5, 0.6) is 0 Å². The number of nitrogens with one attached hydrogen (secondary N) is 2. The maximum atomic E-state index is 12.2. The first-order valence-electron chi connectivity index (χ1n) is 12.9. The number of hydrogen-bond acceptors (Lipinski definition) is 6. The van der Waals surface area contributed by atoms with Gasteiger partial charge in [0, 0.05) is 17.6 Å². The van der Waals surface area contributed by atoms with Crippen molar-refractivity contribution in [1.82, 2.24) is 20.1 Å². The standard InChI is InChI=1S/C29H31N5O4/c35-28(36)25(33-29(37)38-19-21-6-2-1-3-7-21)18-34-26-14-11-20(16-23(26)17-31-34)8-4-10-24-13-12-22-9-5-15-30-27(22)32-24/h1-3,6-7,11-14,16-17,25H,4-5,8-10,15,18-19H2,(H,30,32)(H,33,37)(H,35,36). The fourth-order valence-corrected chi connectivity index (χ4v) is 4.68. The van der Waals surface area contributed by atoms with E-state index in [0.29, 0.717) is 0 Å². The minimum Gasteiger partial charge on any atom is -0.480 e. The molecule has 0 radical (unpaired) electrons. The molecule has 1 unspecified atom stereocenters. The van der Waals surface area contributed by atoms with Crippen molar-refractivity contribution >= 4 is 28.8 Å². The summed E-state index contributed by atoms with van der Waals surface area (Å²) in [7, 11) is 0. The third-order valence-corrected chi connectivity index (χ3v) is 6.71. The number of ether oxygens (including phenoxy) is 1. The SMILES string of the molecule is O=C(NC(Cn1ncc2cc(CCCc3ccc4c(n3)NCCC4)ccc21)C(=O)O)OCc1ccccc1. The number of aliphatic carboxylic acids is 1. The van der Waals surface area contributed by atoms with Gasteiger partial charge in [0.05, 0.1) is 18.3 Å². The molecule has 5 rings (SSSR count). The van der Waals surface area contributed by atoms with Crippen LogP contribution in [0.15, 0.2) is 66.9 Å². The second-order valence-electron chi connectivity index (χ2n) is 9.51. The largest absolute Gasteiger partial charge is 0.480 e. The zero-order valence-electron chi connectivity index (χ0n) is 21.1. The number of hydrogen-bond donors (Lipinski definition) is 3. The van der Waals surface area contributed by atoms with E-state index in [9.17, 15) is 14.7 Å². The lowest BCUT2D eigenvalue weighted by atomic mass is 10.0. The van der Waals surface area contributed by atoms with Crippen molar-refractivity contribution in [3.8, 4) is 0 Å². The van der Waals surface area contributed by atoms with Crippen LogP contribution in [0.2, 0.25) is 0 Å². The van der Waals surface area contributed by atoms with E-state index in [4.69, 9.17) is 9.72 Å². The van der Waals surface area contributed by atoms with E-state index in [-0.39, 0.29) is 13.2 Å². The van der Waals surface area contributed by atoms with Crippen LogP contribution in [0.25, 0.3) is 10.9 Å². The van der Waals surface area contributed by atoms with Crippen molar-refractivity contribution < 1.29 is 19.4 Å². The van der Waals surface area contributed by atoms with Gasteiger partial charge in [0.2, 0.25) is 0 Å². The molecule has 0 saturated heterocycles. The smallest absolute Gasteiger partial charge is 0.408 e. The van der Waals surface area contributed by atoms with Gasteiger partial charge in [-0.05, 0) is 67.0 Å². The van der Waals surface area contributed by atoms with E-state index in [0.717, 1.165) is 66.6 Å². The van der Waals surface area contributed by atoms with Crippen molar-refractivity contribution in [2.24, 2.45) is 0 Å².